The third-order valence-corrected chi connectivity index (χ3v) is 3.07. The maximum absolute atomic E-state index is 9.36. The molecule has 1 heterocycles. The summed E-state index contributed by atoms with van der Waals surface area (Å²) in [6, 6.07) is 2.07. The van der Waals surface area contributed by atoms with Crippen LogP contribution in [0.15, 0.2) is 11.4 Å². The van der Waals surface area contributed by atoms with Crippen LogP contribution in [0.4, 0.5) is 5.00 Å². The predicted octanol–water partition coefficient (Wildman–Crippen LogP) is 0.812. The molecule has 0 aromatic carbocycles. The fourth-order valence-electron chi connectivity index (χ4n) is 1.23. The highest BCUT2D eigenvalue weighted by Gasteiger charge is 2.09. The van der Waals surface area contributed by atoms with Crippen molar-refractivity contribution in [1.29, 1.82) is 0 Å². The second-order valence-corrected chi connectivity index (χ2v) is 4.07. The monoisotopic (exact) mass is 200 g/mol. The van der Waals surface area contributed by atoms with Gasteiger partial charge in [0, 0.05) is 20.1 Å². The number of aliphatic hydroxyl groups excluding tert-OH is 1. The van der Waals surface area contributed by atoms with Crippen molar-refractivity contribution in [3.63, 3.8) is 0 Å². The summed E-state index contributed by atoms with van der Waals surface area (Å²) in [6.07, 6.45) is -0.438. The molecule has 0 aliphatic carbocycles. The zero-order valence-electron chi connectivity index (χ0n) is 8.03. The molecule has 0 amide bonds. The first-order chi connectivity index (χ1) is 6.15. The summed E-state index contributed by atoms with van der Waals surface area (Å²) in [6.45, 7) is 2.98. The lowest BCUT2D eigenvalue weighted by Crippen LogP contribution is -2.33. The molecule has 0 fully saturated rings. The minimum absolute atomic E-state index is 0.314. The van der Waals surface area contributed by atoms with Crippen LogP contribution >= 0.6 is 11.3 Å². The number of rotatable bonds is 4. The van der Waals surface area contributed by atoms with E-state index < -0.39 is 6.10 Å². The first-order valence-electron chi connectivity index (χ1n) is 4.28. The van der Waals surface area contributed by atoms with Gasteiger partial charge in [0.15, 0.2) is 0 Å². The molecular weight excluding hydrogens is 184 g/mol. The van der Waals surface area contributed by atoms with E-state index in [0.29, 0.717) is 13.1 Å². The molecular formula is C9H16N2OS. The molecule has 0 bridgehead atoms. The van der Waals surface area contributed by atoms with Crippen LogP contribution in [0.3, 0.4) is 0 Å². The molecule has 1 atom stereocenters. The number of aliphatic hydroxyl groups is 1. The highest BCUT2D eigenvalue weighted by molar-refractivity contribution is 7.14. The lowest BCUT2D eigenvalue weighted by Gasteiger charge is -2.21. The summed E-state index contributed by atoms with van der Waals surface area (Å²) in [5, 5.41) is 12.6. The van der Waals surface area contributed by atoms with Gasteiger partial charge in [-0.25, -0.2) is 0 Å². The lowest BCUT2D eigenvalue weighted by molar-refractivity contribution is 0.190. The van der Waals surface area contributed by atoms with Crippen LogP contribution in [0.25, 0.3) is 0 Å². The summed E-state index contributed by atoms with van der Waals surface area (Å²) in [5.74, 6) is 0. The quantitative estimate of drug-likeness (QED) is 0.756. The first kappa shape index (κ1) is 10.5. The minimum atomic E-state index is -0.438. The average molecular weight is 200 g/mol. The van der Waals surface area contributed by atoms with Gasteiger partial charge in [0.05, 0.1) is 11.1 Å². The van der Waals surface area contributed by atoms with E-state index in [4.69, 9.17) is 5.73 Å². The summed E-state index contributed by atoms with van der Waals surface area (Å²) >= 11 is 1.68. The fraction of sp³-hybridized carbons (Fsp3) is 0.556. The molecule has 1 unspecified atom stereocenters. The molecule has 0 radical (unpaired) electrons. The number of anilines is 1. The van der Waals surface area contributed by atoms with Crippen LogP contribution in [0, 0.1) is 6.92 Å². The van der Waals surface area contributed by atoms with Gasteiger partial charge in [0.25, 0.3) is 0 Å². The van der Waals surface area contributed by atoms with Crippen molar-refractivity contribution >= 4 is 16.3 Å². The largest absolute Gasteiger partial charge is 0.390 e. The van der Waals surface area contributed by atoms with Crippen LogP contribution in [0.5, 0.6) is 0 Å². The molecule has 74 valence electrons. The van der Waals surface area contributed by atoms with Gasteiger partial charge in [-0.1, -0.05) is 0 Å². The molecule has 3 nitrogen and oxygen atoms in total. The van der Waals surface area contributed by atoms with Crippen LogP contribution in [-0.4, -0.2) is 31.3 Å². The van der Waals surface area contributed by atoms with Gasteiger partial charge in [-0.15, -0.1) is 11.3 Å². The van der Waals surface area contributed by atoms with Gasteiger partial charge in [-0.3, -0.25) is 0 Å². The van der Waals surface area contributed by atoms with E-state index in [1.165, 1.54) is 10.6 Å². The van der Waals surface area contributed by atoms with Gasteiger partial charge < -0.3 is 15.7 Å². The Hall–Kier alpha value is -0.580. The Morgan fingerprint density at radius 2 is 2.38 bits per heavy atom. The summed E-state index contributed by atoms with van der Waals surface area (Å²) < 4.78 is 0. The zero-order valence-corrected chi connectivity index (χ0v) is 8.84. The fourth-order valence-corrected chi connectivity index (χ4v) is 2.14. The standard InChI is InChI=1S/C9H16N2OS/c1-7-3-4-13-9(7)11(2)6-8(12)5-10/h3-4,8,12H,5-6,10H2,1-2H3. The van der Waals surface area contributed by atoms with Gasteiger partial charge in [-0.2, -0.15) is 0 Å². The predicted molar refractivity (Wildman–Crippen MR) is 57.4 cm³/mol. The molecule has 13 heavy (non-hydrogen) atoms. The van der Waals surface area contributed by atoms with Crippen LogP contribution < -0.4 is 10.6 Å². The Balaban J connectivity index is 2.58. The normalized spacial score (nSPS) is 12.9. The van der Waals surface area contributed by atoms with Crippen molar-refractivity contribution in [3.05, 3.63) is 17.0 Å². The van der Waals surface area contributed by atoms with Crippen molar-refractivity contribution in [2.45, 2.75) is 13.0 Å². The Morgan fingerprint density at radius 3 is 2.85 bits per heavy atom. The van der Waals surface area contributed by atoms with Crippen molar-refractivity contribution in [1.82, 2.24) is 0 Å². The maximum atomic E-state index is 9.36. The van der Waals surface area contributed by atoms with Crippen LogP contribution in [-0.2, 0) is 0 Å². The molecule has 0 saturated carbocycles. The van der Waals surface area contributed by atoms with Crippen LogP contribution in [0.2, 0.25) is 0 Å². The van der Waals surface area contributed by atoms with E-state index in [-0.39, 0.29) is 0 Å². The number of nitrogens with two attached hydrogens (primary N) is 1. The number of hydrogen-bond acceptors (Lipinski definition) is 4. The Morgan fingerprint density at radius 1 is 1.69 bits per heavy atom. The average Bonchev–Trinajstić information content (AvgIpc) is 2.51. The molecule has 4 heteroatoms. The minimum Gasteiger partial charge on any atom is -0.390 e. The maximum Gasteiger partial charge on any atom is 0.0936 e. The zero-order chi connectivity index (χ0) is 9.84. The van der Waals surface area contributed by atoms with Crippen molar-refractivity contribution in [2.24, 2.45) is 5.73 Å². The van der Waals surface area contributed by atoms with E-state index >= 15 is 0 Å². The molecule has 1 aromatic rings. The van der Waals surface area contributed by atoms with E-state index in [0.717, 1.165) is 0 Å². The molecule has 1 rings (SSSR count). The Labute approximate surface area is 82.8 Å². The molecule has 0 saturated heterocycles. The highest BCUT2D eigenvalue weighted by atomic mass is 32.1. The van der Waals surface area contributed by atoms with Gasteiger partial charge >= 0.3 is 0 Å². The molecule has 0 aliphatic heterocycles. The number of likely N-dealkylation sites (N-methyl/N-ethyl adjacent to an activating group) is 1. The second kappa shape index (κ2) is 4.60. The van der Waals surface area contributed by atoms with E-state index in [1.54, 1.807) is 11.3 Å². The third-order valence-electron chi connectivity index (χ3n) is 1.94. The highest BCUT2D eigenvalue weighted by Crippen LogP contribution is 2.25. The van der Waals surface area contributed by atoms with E-state index in [2.05, 4.69) is 18.4 Å². The molecule has 3 N–H and O–H groups in total. The molecule has 0 spiro atoms. The molecule has 0 aliphatic rings. The first-order valence-corrected chi connectivity index (χ1v) is 5.16. The number of nitrogens with zero attached hydrogens (tertiary/aromatic N) is 1. The van der Waals surface area contributed by atoms with Crippen LogP contribution in [0.1, 0.15) is 5.56 Å². The summed E-state index contributed by atoms with van der Waals surface area (Å²) in [7, 11) is 1.97. The number of hydrogen-bond donors (Lipinski definition) is 2. The van der Waals surface area contributed by atoms with E-state index in [9.17, 15) is 5.11 Å². The van der Waals surface area contributed by atoms with Gasteiger partial charge in [-0.05, 0) is 23.9 Å². The third kappa shape index (κ3) is 2.69. The smallest absolute Gasteiger partial charge is 0.0936 e. The van der Waals surface area contributed by atoms with Crippen molar-refractivity contribution in [2.75, 3.05) is 25.0 Å². The van der Waals surface area contributed by atoms with Crippen molar-refractivity contribution in [3.8, 4) is 0 Å². The van der Waals surface area contributed by atoms with Gasteiger partial charge in [0.2, 0.25) is 0 Å². The Bertz CT molecular complexity index is 262. The summed E-state index contributed by atoms with van der Waals surface area (Å²) in [4.78, 5) is 2.04. The topological polar surface area (TPSA) is 49.5 Å². The number of aryl methyl sites for hydroxylation is 1. The SMILES string of the molecule is Cc1ccsc1N(C)CC(O)CN. The number of thiophene rings is 1. The van der Waals surface area contributed by atoms with Gasteiger partial charge in [0.1, 0.15) is 0 Å². The van der Waals surface area contributed by atoms with E-state index in [1.807, 2.05) is 11.9 Å². The lowest BCUT2D eigenvalue weighted by atomic mass is 10.3. The van der Waals surface area contributed by atoms with Crippen molar-refractivity contribution < 1.29 is 5.11 Å². The summed E-state index contributed by atoms with van der Waals surface area (Å²) in [5.41, 5.74) is 6.59. The Kier molecular flexibility index (Phi) is 3.71. The molecule has 1 aromatic heterocycles. The second-order valence-electron chi connectivity index (χ2n) is 3.18.